The molecule has 0 aliphatic heterocycles. The molecule has 1 amide bonds. The van der Waals surface area contributed by atoms with Crippen molar-refractivity contribution >= 4 is 17.6 Å². The molecule has 0 aliphatic rings. The quantitative estimate of drug-likeness (QED) is 0.616. The molecule has 3 aromatic rings. The van der Waals surface area contributed by atoms with E-state index < -0.39 is 18.0 Å². The monoisotopic (exact) mass is 390 g/mol. The molecule has 2 aromatic carbocycles. The summed E-state index contributed by atoms with van der Waals surface area (Å²) < 4.78 is 10.3. The molecule has 0 saturated heterocycles. The van der Waals surface area contributed by atoms with Crippen molar-refractivity contribution in [3.05, 3.63) is 66.1 Å². The molecule has 1 aromatic heterocycles. The van der Waals surface area contributed by atoms with Gasteiger partial charge >= 0.3 is 5.97 Å². The molecule has 0 saturated carbocycles. The first-order chi connectivity index (χ1) is 14.0. The van der Waals surface area contributed by atoms with Gasteiger partial charge in [-0.3, -0.25) is 9.59 Å². The van der Waals surface area contributed by atoms with E-state index in [2.05, 4.69) is 15.5 Å². The highest BCUT2D eigenvalue weighted by Crippen LogP contribution is 2.16. The second-order valence-corrected chi connectivity index (χ2v) is 6.19. The molecule has 1 N–H and O–H groups in total. The van der Waals surface area contributed by atoms with Gasteiger partial charge in [-0.15, -0.1) is 0 Å². The van der Waals surface area contributed by atoms with Crippen molar-refractivity contribution in [3.63, 3.8) is 0 Å². The highest BCUT2D eigenvalue weighted by Gasteiger charge is 2.19. The number of carbonyl (C=O) groups is 2. The number of carbonyl (C=O) groups excluding carboxylic acids is 2. The number of rotatable bonds is 7. The highest BCUT2D eigenvalue weighted by molar-refractivity contribution is 5.95. The maximum Gasteiger partial charge on any atom is 0.307 e. The van der Waals surface area contributed by atoms with Crippen molar-refractivity contribution in [1.82, 2.24) is 10.1 Å². The van der Waals surface area contributed by atoms with E-state index in [9.17, 15) is 9.59 Å². The van der Waals surface area contributed by atoms with Crippen LogP contribution in [0.1, 0.15) is 24.8 Å². The maximum atomic E-state index is 12.2. The van der Waals surface area contributed by atoms with E-state index in [1.54, 1.807) is 18.2 Å². The third-order valence-corrected chi connectivity index (χ3v) is 3.98. The van der Waals surface area contributed by atoms with Crippen LogP contribution >= 0.6 is 0 Å². The van der Waals surface area contributed by atoms with E-state index >= 15 is 0 Å². The van der Waals surface area contributed by atoms with Gasteiger partial charge in [0.15, 0.2) is 6.10 Å². The third kappa shape index (κ3) is 5.49. The number of nitrogens with zero attached hydrogens (tertiary/aromatic N) is 3. The van der Waals surface area contributed by atoms with Gasteiger partial charge in [-0.05, 0) is 25.1 Å². The zero-order valence-corrected chi connectivity index (χ0v) is 15.7. The maximum absolute atomic E-state index is 12.2. The van der Waals surface area contributed by atoms with Gasteiger partial charge in [0, 0.05) is 17.7 Å². The molecular formula is C21H18N4O4. The van der Waals surface area contributed by atoms with Crippen LogP contribution in [0.2, 0.25) is 0 Å². The van der Waals surface area contributed by atoms with E-state index in [0.29, 0.717) is 23.0 Å². The lowest BCUT2D eigenvalue weighted by Crippen LogP contribution is -2.30. The second-order valence-electron chi connectivity index (χ2n) is 6.19. The summed E-state index contributed by atoms with van der Waals surface area (Å²) in [5.74, 6) is -0.289. The van der Waals surface area contributed by atoms with Crippen LogP contribution in [0.5, 0.6) is 0 Å². The molecule has 0 fully saturated rings. The number of benzene rings is 2. The molecule has 1 atom stereocenters. The number of ether oxygens (including phenoxy) is 1. The molecule has 8 heteroatoms. The Kier molecular flexibility index (Phi) is 6.32. The Morgan fingerprint density at radius 3 is 2.76 bits per heavy atom. The average Bonchev–Trinajstić information content (AvgIpc) is 3.22. The first kappa shape index (κ1) is 19.8. The number of hydrogen-bond acceptors (Lipinski definition) is 7. The number of anilines is 1. The number of aryl methyl sites for hydroxylation is 1. The SMILES string of the molecule is CC(OC(=O)CCc1nc(-c2ccccc2)no1)C(=O)Nc1cccc(C#N)c1. The Labute approximate surface area is 167 Å². The van der Waals surface area contributed by atoms with E-state index in [-0.39, 0.29) is 12.8 Å². The molecule has 3 rings (SSSR count). The molecule has 1 unspecified atom stereocenters. The summed E-state index contributed by atoms with van der Waals surface area (Å²) in [6.45, 7) is 1.47. The highest BCUT2D eigenvalue weighted by atomic mass is 16.5. The van der Waals surface area contributed by atoms with Crippen LogP contribution in [0.25, 0.3) is 11.4 Å². The number of nitrogens with one attached hydrogen (secondary N) is 1. The van der Waals surface area contributed by atoms with Crippen molar-refractivity contribution in [1.29, 1.82) is 5.26 Å². The number of aromatic nitrogens is 2. The lowest BCUT2D eigenvalue weighted by molar-refractivity contribution is -0.153. The first-order valence-corrected chi connectivity index (χ1v) is 8.93. The smallest absolute Gasteiger partial charge is 0.307 e. The first-order valence-electron chi connectivity index (χ1n) is 8.93. The minimum absolute atomic E-state index is 0.00202. The molecule has 0 radical (unpaired) electrons. The molecule has 0 bridgehead atoms. The van der Waals surface area contributed by atoms with Gasteiger partial charge in [0.1, 0.15) is 0 Å². The summed E-state index contributed by atoms with van der Waals surface area (Å²) in [5, 5.41) is 15.4. The van der Waals surface area contributed by atoms with Crippen LogP contribution in [-0.2, 0) is 20.7 Å². The van der Waals surface area contributed by atoms with Gasteiger partial charge in [-0.1, -0.05) is 41.6 Å². The van der Waals surface area contributed by atoms with Crippen molar-refractivity contribution in [2.24, 2.45) is 0 Å². The van der Waals surface area contributed by atoms with Gasteiger partial charge in [-0.2, -0.15) is 10.2 Å². The number of nitriles is 1. The standard InChI is InChI=1S/C21H18N4O4/c1-14(21(27)23-17-9-5-6-15(12-17)13-22)28-19(26)11-10-18-24-20(25-29-18)16-7-3-2-4-8-16/h2-9,12,14H,10-11H2,1H3,(H,23,27). The molecule has 0 spiro atoms. The zero-order chi connectivity index (χ0) is 20.6. The fourth-order valence-corrected chi connectivity index (χ4v) is 2.49. The van der Waals surface area contributed by atoms with Crippen molar-refractivity contribution in [2.45, 2.75) is 25.9 Å². The van der Waals surface area contributed by atoms with Gasteiger partial charge in [0.05, 0.1) is 18.1 Å². The molecule has 8 nitrogen and oxygen atoms in total. The third-order valence-electron chi connectivity index (χ3n) is 3.98. The lowest BCUT2D eigenvalue weighted by Gasteiger charge is -2.13. The Morgan fingerprint density at radius 1 is 1.21 bits per heavy atom. The van der Waals surface area contributed by atoms with Crippen molar-refractivity contribution in [3.8, 4) is 17.5 Å². The predicted molar refractivity (Wildman–Crippen MR) is 103 cm³/mol. The van der Waals surface area contributed by atoms with Gasteiger partial charge in [0.2, 0.25) is 11.7 Å². The van der Waals surface area contributed by atoms with E-state index in [4.69, 9.17) is 14.5 Å². The Hall–Kier alpha value is -3.99. The normalized spacial score (nSPS) is 11.3. The summed E-state index contributed by atoms with van der Waals surface area (Å²) in [6.07, 6.45) is -0.786. The van der Waals surface area contributed by atoms with Crippen LogP contribution in [0.3, 0.4) is 0 Å². The molecular weight excluding hydrogens is 372 g/mol. The Bertz CT molecular complexity index is 1040. The van der Waals surface area contributed by atoms with Crippen molar-refractivity contribution < 1.29 is 18.8 Å². The largest absolute Gasteiger partial charge is 0.453 e. The second kappa shape index (κ2) is 9.28. The molecule has 1 heterocycles. The zero-order valence-electron chi connectivity index (χ0n) is 15.7. The number of esters is 1. The summed E-state index contributed by atoms with van der Waals surface area (Å²) in [6, 6.07) is 17.8. The number of hydrogen-bond donors (Lipinski definition) is 1. The van der Waals surface area contributed by atoms with E-state index in [0.717, 1.165) is 5.56 Å². The molecule has 0 aliphatic carbocycles. The minimum Gasteiger partial charge on any atom is -0.453 e. The summed E-state index contributed by atoms with van der Waals surface area (Å²) in [5.41, 5.74) is 1.69. The van der Waals surface area contributed by atoms with E-state index in [1.165, 1.54) is 13.0 Å². The van der Waals surface area contributed by atoms with Gasteiger partial charge < -0.3 is 14.6 Å². The molecule has 146 valence electrons. The Balaban J connectivity index is 1.48. The molecule has 29 heavy (non-hydrogen) atoms. The topological polar surface area (TPSA) is 118 Å². The minimum atomic E-state index is -0.990. The fourth-order valence-electron chi connectivity index (χ4n) is 2.49. The predicted octanol–water partition coefficient (Wildman–Crippen LogP) is 3.11. The van der Waals surface area contributed by atoms with E-state index in [1.807, 2.05) is 36.4 Å². The van der Waals surface area contributed by atoms with Crippen LogP contribution < -0.4 is 5.32 Å². The van der Waals surface area contributed by atoms with Gasteiger partial charge in [-0.25, -0.2) is 0 Å². The van der Waals surface area contributed by atoms with Crippen LogP contribution in [0, 0.1) is 11.3 Å². The van der Waals surface area contributed by atoms with Gasteiger partial charge in [0.25, 0.3) is 5.91 Å². The summed E-state index contributed by atoms with van der Waals surface area (Å²) >= 11 is 0. The summed E-state index contributed by atoms with van der Waals surface area (Å²) in [7, 11) is 0. The van der Waals surface area contributed by atoms with Crippen LogP contribution in [0.15, 0.2) is 59.1 Å². The fraction of sp³-hybridized carbons (Fsp3) is 0.190. The van der Waals surface area contributed by atoms with Crippen molar-refractivity contribution in [2.75, 3.05) is 5.32 Å². The summed E-state index contributed by atoms with van der Waals surface area (Å²) in [4.78, 5) is 28.4. The van der Waals surface area contributed by atoms with Crippen LogP contribution in [-0.4, -0.2) is 28.1 Å². The lowest BCUT2D eigenvalue weighted by atomic mass is 10.2. The average molecular weight is 390 g/mol. The number of amides is 1. The Morgan fingerprint density at radius 2 is 2.00 bits per heavy atom. The van der Waals surface area contributed by atoms with Crippen LogP contribution in [0.4, 0.5) is 5.69 Å².